The number of hydrogen-bond donors (Lipinski definition) is 1. The number of nitrogens with zero attached hydrogens (tertiary/aromatic N) is 2. The van der Waals surface area contributed by atoms with Crippen LogP contribution in [0.1, 0.15) is 26.8 Å². The van der Waals surface area contributed by atoms with Gasteiger partial charge in [0.25, 0.3) is 0 Å². The van der Waals surface area contributed by atoms with E-state index in [0.29, 0.717) is 0 Å². The first-order valence-electron chi connectivity index (χ1n) is 3.83. The zero-order valence-corrected chi connectivity index (χ0v) is 9.61. The smallest absolute Gasteiger partial charge is 0.0812 e. The average molecular weight is 280 g/mol. The molecule has 1 rings (SSSR count). The summed E-state index contributed by atoms with van der Waals surface area (Å²) < 4.78 is 2.87. The van der Waals surface area contributed by atoms with Gasteiger partial charge < -0.3 is 5.11 Å². The van der Waals surface area contributed by atoms with Crippen LogP contribution in [0.3, 0.4) is 0 Å². The van der Waals surface area contributed by atoms with Gasteiger partial charge in [0.1, 0.15) is 0 Å². The molecule has 1 atom stereocenters. The number of aliphatic hydroxyl groups is 1. The molecule has 0 aromatic carbocycles. The van der Waals surface area contributed by atoms with Crippen molar-refractivity contribution in [3.05, 3.63) is 16.0 Å². The largest absolute Gasteiger partial charge is 0.388 e. The molecular weight excluding hydrogens is 267 g/mol. The molecular formula is C8H13IN2O. The Morgan fingerprint density at radius 3 is 2.58 bits per heavy atom. The lowest BCUT2D eigenvalue weighted by molar-refractivity contribution is 0.0258. The Hall–Kier alpha value is -0.100. The van der Waals surface area contributed by atoms with Gasteiger partial charge in [-0.15, -0.1) is 0 Å². The summed E-state index contributed by atoms with van der Waals surface area (Å²) in [6.07, 6.45) is 3.70. The summed E-state index contributed by atoms with van der Waals surface area (Å²) in [5, 5.41) is 13.8. The minimum atomic E-state index is -0.727. The Morgan fingerprint density at radius 1 is 1.67 bits per heavy atom. The summed E-state index contributed by atoms with van der Waals surface area (Å²) in [6, 6.07) is 0.000941. The highest BCUT2D eigenvalue weighted by atomic mass is 127. The second kappa shape index (κ2) is 3.33. The van der Waals surface area contributed by atoms with Crippen molar-refractivity contribution in [1.82, 2.24) is 9.78 Å². The maximum absolute atomic E-state index is 9.69. The molecule has 0 bridgehead atoms. The molecule has 0 saturated heterocycles. The monoisotopic (exact) mass is 280 g/mol. The SMILES string of the molecule is C[C@@H](n1cc(I)cn1)C(C)(C)O. The first kappa shape index (κ1) is 9.98. The van der Waals surface area contributed by atoms with E-state index in [1.54, 1.807) is 24.7 Å². The van der Waals surface area contributed by atoms with Crippen LogP contribution in [0, 0.1) is 3.57 Å². The molecule has 1 aromatic heterocycles. The lowest BCUT2D eigenvalue weighted by Crippen LogP contribution is -2.31. The minimum Gasteiger partial charge on any atom is -0.388 e. The highest BCUT2D eigenvalue weighted by molar-refractivity contribution is 14.1. The number of halogens is 1. The Balaban J connectivity index is 2.85. The van der Waals surface area contributed by atoms with Crippen LogP contribution in [-0.2, 0) is 0 Å². The van der Waals surface area contributed by atoms with Gasteiger partial charge in [0.05, 0.1) is 21.4 Å². The van der Waals surface area contributed by atoms with Gasteiger partial charge in [-0.1, -0.05) is 0 Å². The molecule has 0 aliphatic rings. The molecule has 0 amide bonds. The van der Waals surface area contributed by atoms with Crippen LogP contribution in [0.15, 0.2) is 12.4 Å². The molecule has 0 fully saturated rings. The van der Waals surface area contributed by atoms with E-state index in [9.17, 15) is 5.11 Å². The highest BCUT2D eigenvalue weighted by Gasteiger charge is 2.24. The van der Waals surface area contributed by atoms with Gasteiger partial charge in [0.2, 0.25) is 0 Å². The van der Waals surface area contributed by atoms with Crippen molar-refractivity contribution in [3.8, 4) is 0 Å². The maximum atomic E-state index is 9.69. The van der Waals surface area contributed by atoms with E-state index in [1.807, 2.05) is 13.1 Å². The predicted molar refractivity (Wildman–Crippen MR) is 56.0 cm³/mol. The first-order chi connectivity index (χ1) is 5.41. The first-order valence-corrected chi connectivity index (χ1v) is 4.91. The van der Waals surface area contributed by atoms with Gasteiger partial charge >= 0.3 is 0 Å². The van der Waals surface area contributed by atoms with Crippen LogP contribution in [0.4, 0.5) is 0 Å². The van der Waals surface area contributed by atoms with Gasteiger partial charge in [-0.05, 0) is 43.4 Å². The van der Waals surface area contributed by atoms with Crippen molar-refractivity contribution in [2.24, 2.45) is 0 Å². The van der Waals surface area contributed by atoms with Crippen LogP contribution in [-0.4, -0.2) is 20.5 Å². The standard InChI is InChI=1S/C8H13IN2O/c1-6(8(2,3)12)11-5-7(9)4-10-11/h4-6,12H,1-3H3/t6-/m1/s1. The average Bonchev–Trinajstić information content (AvgIpc) is 2.32. The van der Waals surface area contributed by atoms with Crippen molar-refractivity contribution in [2.45, 2.75) is 32.4 Å². The summed E-state index contributed by atoms with van der Waals surface area (Å²) >= 11 is 2.20. The minimum absolute atomic E-state index is 0.000941. The van der Waals surface area contributed by atoms with Gasteiger partial charge in [-0.2, -0.15) is 5.10 Å². The fraction of sp³-hybridized carbons (Fsp3) is 0.625. The van der Waals surface area contributed by atoms with Crippen LogP contribution in [0.25, 0.3) is 0 Å². The number of rotatable bonds is 2. The number of aromatic nitrogens is 2. The predicted octanol–water partition coefficient (Wildman–Crippen LogP) is 1.82. The van der Waals surface area contributed by atoms with Crippen molar-refractivity contribution in [1.29, 1.82) is 0 Å². The summed E-state index contributed by atoms with van der Waals surface area (Å²) in [4.78, 5) is 0. The summed E-state index contributed by atoms with van der Waals surface area (Å²) in [5.41, 5.74) is -0.727. The van der Waals surface area contributed by atoms with Crippen LogP contribution in [0.5, 0.6) is 0 Å². The van der Waals surface area contributed by atoms with Crippen molar-refractivity contribution < 1.29 is 5.11 Å². The third kappa shape index (κ3) is 2.20. The van der Waals surface area contributed by atoms with E-state index in [4.69, 9.17) is 0 Å². The van der Waals surface area contributed by atoms with Crippen LogP contribution >= 0.6 is 22.6 Å². The van der Waals surface area contributed by atoms with Gasteiger partial charge in [0, 0.05) is 6.20 Å². The molecule has 0 aliphatic heterocycles. The molecule has 12 heavy (non-hydrogen) atoms. The quantitative estimate of drug-likeness (QED) is 0.839. The lowest BCUT2D eigenvalue weighted by Gasteiger charge is -2.25. The Kier molecular flexibility index (Phi) is 2.77. The summed E-state index contributed by atoms with van der Waals surface area (Å²) in [7, 11) is 0. The fourth-order valence-electron chi connectivity index (χ4n) is 0.850. The Bertz CT molecular complexity index is 264. The molecule has 1 aromatic rings. The third-order valence-corrected chi connectivity index (χ3v) is 2.55. The van der Waals surface area contributed by atoms with Crippen molar-refractivity contribution >= 4 is 22.6 Å². The van der Waals surface area contributed by atoms with Crippen LogP contribution < -0.4 is 0 Å². The lowest BCUT2D eigenvalue weighted by atomic mass is 10.0. The topological polar surface area (TPSA) is 38.0 Å². The normalized spacial score (nSPS) is 14.8. The summed E-state index contributed by atoms with van der Waals surface area (Å²) in [6.45, 7) is 5.52. The molecule has 68 valence electrons. The second-order valence-corrected chi connectivity index (χ2v) is 4.71. The van der Waals surface area contributed by atoms with E-state index in [-0.39, 0.29) is 6.04 Å². The molecule has 4 heteroatoms. The van der Waals surface area contributed by atoms with E-state index in [0.717, 1.165) is 3.57 Å². The zero-order valence-electron chi connectivity index (χ0n) is 7.45. The third-order valence-electron chi connectivity index (χ3n) is 1.99. The maximum Gasteiger partial charge on any atom is 0.0812 e. The number of hydrogen-bond acceptors (Lipinski definition) is 2. The van der Waals surface area contributed by atoms with E-state index in [1.165, 1.54) is 0 Å². The van der Waals surface area contributed by atoms with E-state index in [2.05, 4.69) is 27.7 Å². The van der Waals surface area contributed by atoms with Crippen LogP contribution in [0.2, 0.25) is 0 Å². The molecule has 0 unspecified atom stereocenters. The molecule has 0 radical (unpaired) electrons. The molecule has 0 aliphatic carbocycles. The Labute approximate surface area is 85.9 Å². The second-order valence-electron chi connectivity index (χ2n) is 3.47. The molecule has 0 spiro atoms. The molecule has 1 heterocycles. The summed E-state index contributed by atoms with van der Waals surface area (Å²) in [5.74, 6) is 0. The molecule has 0 saturated carbocycles. The van der Waals surface area contributed by atoms with Gasteiger partial charge in [0.15, 0.2) is 0 Å². The zero-order chi connectivity index (χ0) is 9.35. The molecule has 1 N–H and O–H groups in total. The fourth-order valence-corrected chi connectivity index (χ4v) is 1.26. The van der Waals surface area contributed by atoms with E-state index >= 15 is 0 Å². The molecule has 3 nitrogen and oxygen atoms in total. The van der Waals surface area contributed by atoms with Crippen molar-refractivity contribution in [2.75, 3.05) is 0 Å². The van der Waals surface area contributed by atoms with E-state index < -0.39 is 5.60 Å². The van der Waals surface area contributed by atoms with Gasteiger partial charge in [-0.3, -0.25) is 4.68 Å². The van der Waals surface area contributed by atoms with Gasteiger partial charge in [-0.25, -0.2) is 0 Å². The highest BCUT2D eigenvalue weighted by Crippen LogP contribution is 2.20. The Morgan fingerprint density at radius 2 is 2.25 bits per heavy atom. The van der Waals surface area contributed by atoms with Crippen molar-refractivity contribution in [3.63, 3.8) is 0 Å².